The number of epoxide rings is 1. The summed E-state index contributed by atoms with van der Waals surface area (Å²) < 4.78 is 16.1. The van der Waals surface area contributed by atoms with Crippen molar-refractivity contribution in [3.8, 4) is 0 Å². The van der Waals surface area contributed by atoms with Crippen molar-refractivity contribution < 1.29 is 13.6 Å². The highest BCUT2D eigenvalue weighted by atomic mass is 28.4. The Kier molecular flexibility index (Phi) is 3.51. The summed E-state index contributed by atoms with van der Waals surface area (Å²) in [6.45, 7) is 5.18. The maximum absolute atomic E-state index is 5.40. The lowest BCUT2D eigenvalue weighted by molar-refractivity contribution is 0.244. The monoisotopic (exact) mass is 204 g/mol. The Morgan fingerprint density at radius 2 is 1.92 bits per heavy atom. The molecular formula is C9H20O3Si. The van der Waals surface area contributed by atoms with Gasteiger partial charge in [-0.15, -0.1) is 0 Å². The molecule has 0 spiro atoms. The molecule has 1 unspecified atom stereocenters. The zero-order valence-corrected chi connectivity index (χ0v) is 10.1. The van der Waals surface area contributed by atoms with Gasteiger partial charge in [0.05, 0.1) is 12.2 Å². The molecule has 0 aromatic heterocycles. The molecule has 4 heteroatoms. The van der Waals surface area contributed by atoms with Crippen LogP contribution in [-0.2, 0) is 13.6 Å². The molecule has 0 N–H and O–H groups in total. The fourth-order valence-corrected chi connectivity index (χ4v) is 2.73. The first-order valence-electron chi connectivity index (χ1n) is 4.78. The molecule has 0 radical (unpaired) electrons. The van der Waals surface area contributed by atoms with Gasteiger partial charge < -0.3 is 13.6 Å². The van der Waals surface area contributed by atoms with Crippen LogP contribution in [0, 0.1) is 0 Å². The number of hydrogen-bond donors (Lipinski definition) is 0. The quantitative estimate of drug-likeness (QED) is 0.489. The van der Waals surface area contributed by atoms with Crippen LogP contribution in [0.3, 0.4) is 0 Å². The van der Waals surface area contributed by atoms with E-state index in [-0.39, 0.29) is 5.60 Å². The summed E-state index contributed by atoms with van der Waals surface area (Å²) in [5.41, 5.74) is 0.177. The minimum atomic E-state index is -1.82. The van der Waals surface area contributed by atoms with E-state index in [1.54, 1.807) is 14.2 Å². The lowest BCUT2D eigenvalue weighted by atomic mass is 10.1. The van der Waals surface area contributed by atoms with Gasteiger partial charge in [0, 0.05) is 14.2 Å². The molecule has 0 aromatic carbocycles. The van der Waals surface area contributed by atoms with Gasteiger partial charge in [-0.3, -0.25) is 0 Å². The lowest BCUT2D eigenvalue weighted by Gasteiger charge is -2.22. The molecule has 1 fully saturated rings. The van der Waals surface area contributed by atoms with E-state index in [0.717, 1.165) is 25.5 Å². The predicted octanol–water partition coefficient (Wildman–Crippen LogP) is 1.92. The maximum Gasteiger partial charge on any atom is 0.334 e. The Balaban J connectivity index is 2.16. The van der Waals surface area contributed by atoms with Gasteiger partial charge >= 0.3 is 8.56 Å². The van der Waals surface area contributed by atoms with Gasteiger partial charge in [-0.25, -0.2) is 0 Å². The molecule has 0 bridgehead atoms. The fraction of sp³-hybridized carbons (Fsp3) is 1.00. The number of ether oxygens (including phenoxy) is 1. The second-order valence-corrected chi connectivity index (χ2v) is 7.72. The van der Waals surface area contributed by atoms with Crippen molar-refractivity contribution in [2.24, 2.45) is 0 Å². The predicted molar refractivity (Wildman–Crippen MR) is 54.0 cm³/mol. The van der Waals surface area contributed by atoms with Crippen LogP contribution in [-0.4, -0.2) is 35.0 Å². The molecule has 0 saturated carbocycles. The zero-order valence-electron chi connectivity index (χ0n) is 9.05. The van der Waals surface area contributed by atoms with Crippen molar-refractivity contribution in [3.63, 3.8) is 0 Å². The van der Waals surface area contributed by atoms with Crippen LogP contribution in [0.5, 0.6) is 0 Å². The molecular weight excluding hydrogens is 184 g/mol. The van der Waals surface area contributed by atoms with Crippen molar-refractivity contribution in [1.82, 2.24) is 0 Å². The normalized spacial score (nSPS) is 27.7. The molecule has 1 rings (SSSR count). The van der Waals surface area contributed by atoms with Crippen molar-refractivity contribution in [1.29, 1.82) is 0 Å². The van der Waals surface area contributed by atoms with Gasteiger partial charge in [0.15, 0.2) is 0 Å². The third kappa shape index (κ3) is 3.38. The first kappa shape index (κ1) is 11.2. The molecule has 78 valence electrons. The van der Waals surface area contributed by atoms with E-state index in [4.69, 9.17) is 13.6 Å². The molecule has 1 atom stereocenters. The summed E-state index contributed by atoms with van der Waals surface area (Å²) >= 11 is 0. The largest absolute Gasteiger partial charge is 0.398 e. The van der Waals surface area contributed by atoms with Gasteiger partial charge in [0.25, 0.3) is 0 Å². The van der Waals surface area contributed by atoms with Crippen LogP contribution in [0.2, 0.25) is 12.6 Å². The van der Waals surface area contributed by atoms with Gasteiger partial charge in [-0.05, 0) is 32.4 Å². The Labute approximate surface area is 81.6 Å². The van der Waals surface area contributed by atoms with E-state index < -0.39 is 8.56 Å². The Morgan fingerprint density at radius 1 is 1.38 bits per heavy atom. The van der Waals surface area contributed by atoms with E-state index in [0.29, 0.717) is 0 Å². The third-order valence-electron chi connectivity index (χ3n) is 2.84. The highest BCUT2D eigenvalue weighted by Gasteiger charge is 2.39. The Bertz CT molecular complexity index is 164. The molecule has 1 aliphatic heterocycles. The van der Waals surface area contributed by atoms with Crippen LogP contribution in [0.25, 0.3) is 0 Å². The van der Waals surface area contributed by atoms with E-state index in [1.807, 2.05) is 0 Å². The Hall–Kier alpha value is 0.0969. The lowest BCUT2D eigenvalue weighted by Crippen LogP contribution is -2.36. The minimum absolute atomic E-state index is 0.177. The molecule has 1 saturated heterocycles. The summed E-state index contributed by atoms with van der Waals surface area (Å²) in [7, 11) is 1.66. The second kappa shape index (κ2) is 4.08. The third-order valence-corrected chi connectivity index (χ3v) is 5.83. The Morgan fingerprint density at radius 3 is 2.31 bits per heavy atom. The average Bonchev–Trinajstić information content (AvgIpc) is 2.84. The first-order chi connectivity index (χ1) is 6.04. The number of hydrogen-bond acceptors (Lipinski definition) is 3. The van der Waals surface area contributed by atoms with Crippen molar-refractivity contribution >= 4 is 8.56 Å². The first-order valence-corrected chi connectivity index (χ1v) is 7.30. The van der Waals surface area contributed by atoms with Crippen LogP contribution in [0.4, 0.5) is 0 Å². The standard InChI is InChI=1S/C9H20O3Si/c1-9(8-12-9)6-5-7-13(4,10-2)11-3/h5-8H2,1-4H3. The van der Waals surface area contributed by atoms with Crippen LogP contribution < -0.4 is 0 Å². The molecule has 1 heterocycles. The van der Waals surface area contributed by atoms with Crippen molar-refractivity contribution in [2.75, 3.05) is 20.8 Å². The van der Waals surface area contributed by atoms with E-state index in [2.05, 4.69) is 13.5 Å². The SMILES string of the molecule is CO[Si](C)(CCCC1(C)CO1)OC. The molecule has 0 amide bonds. The van der Waals surface area contributed by atoms with Gasteiger partial charge in [0.1, 0.15) is 0 Å². The van der Waals surface area contributed by atoms with Crippen molar-refractivity contribution in [3.05, 3.63) is 0 Å². The summed E-state index contributed by atoms with van der Waals surface area (Å²) in [6.07, 6.45) is 2.27. The molecule has 0 aliphatic carbocycles. The van der Waals surface area contributed by atoms with Gasteiger partial charge in [-0.1, -0.05) is 0 Å². The minimum Gasteiger partial charge on any atom is -0.398 e. The second-order valence-electron chi connectivity index (χ2n) is 4.13. The van der Waals surface area contributed by atoms with E-state index >= 15 is 0 Å². The average molecular weight is 204 g/mol. The van der Waals surface area contributed by atoms with E-state index in [1.165, 1.54) is 0 Å². The summed E-state index contributed by atoms with van der Waals surface area (Å²) in [4.78, 5) is 0. The summed E-state index contributed by atoms with van der Waals surface area (Å²) in [5.74, 6) is 0. The van der Waals surface area contributed by atoms with E-state index in [9.17, 15) is 0 Å². The number of rotatable bonds is 6. The van der Waals surface area contributed by atoms with Crippen LogP contribution in [0.15, 0.2) is 0 Å². The molecule has 13 heavy (non-hydrogen) atoms. The van der Waals surface area contributed by atoms with Crippen molar-refractivity contribution in [2.45, 2.75) is 38.0 Å². The fourth-order valence-electron chi connectivity index (χ4n) is 1.34. The molecule has 3 nitrogen and oxygen atoms in total. The summed E-state index contributed by atoms with van der Waals surface area (Å²) in [5, 5.41) is 0. The highest BCUT2D eigenvalue weighted by molar-refractivity contribution is 6.65. The van der Waals surface area contributed by atoms with Gasteiger partial charge in [0.2, 0.25) is 0 Å². The topological polar surface area (TPSA) is 31.0 Å². The molecule has 1 aliphatic rings. The smallest absolute Gasteiger partial charge is 0.334 e. The molecule has 0 aromatic rings. The maximum atomic E-state index is 5.40. The van der Waals surface area contributed by atoms with Crippen LogP contribution in [0.1, 0.15) is 19.8 Å². The zero-order chi connectivity index (χ0) is 9.95. The van der Waals surface area contributed by atoms with Crippen LogP contribution >= 0.6 is 0 Å². The highest BCUT2D eigenvalue weighted by Crippen LogP contribution is 2.32. The summed E-state index contributed by atoms with van der Waals surface area (Å²) in [6, 6.07) is 1.05. The van der Waals surface area contributed by atoms with Gasteiger partial charge in [-0.2, -0.15) is 0 Å².